The summed E-state index contributed by atoms with van der Waals surface area (Å²) in [7, 11) is -3.14. The molecule has 1 saturated heterocycles. The highest BCUT2D eigenvalue weighted by atomic mass is 35.5. The third-order valence-electron chi connectivity index (χ3n) is 3.35. The number of halogens is 1. The van der Waals surface area contributed by atoms with Gasteiger partial charge in [-0.3, -0.25) is 4.79 Å². The minimum Gasteiger partial charge on any atom is -0.478 e. The number of carbonyl (C=O) groups is 2. The van der Waals surface area contributed by atoms with E-state index >= 15 is 0 Å². The zero-order chi connectivity index (χ0) is 15.6. The van der Waals surface area contributed by atoms with E-state index in [4.69, 9.17) is 16.7 Å². The van der Waals surface area contributed by atoms with Gasteiger partial charge in [-0.15, -0.1) is 11.6 Å². The van der Waals surface area contributed by atoms with Crippen molar-refractivity contribution in [1.29, 1.82) is 0 Å². The number of sulfone groups is 1. The summed E-state index contributed by atoms with van der Waals surface area (Å²) in [6, 6.07) is 5.25. The molecule has 1 aromatic rings. The summed E-state index contributed by atoms with van der Waals surface area (Å²) in [5.41, 5.74) is 0.545. The van der Waals surface area contributed by atoms with Crippen LogP contribution < -0.4 is 4.90 Å². The van der Waals surface area contributed by atoms with Crippen molar-refractivity contribution in [3.05, 3.63) is 29.8 Å². The molecule has 8 heteroatoms. The van der Waals surface area contributed by atoms with Crippen LogP contribution in [0.5, 0.6) is 0 Å². The molecule has 1 amide bonds. The molecular weight excluding hydrogens is 318 g/mol. The molecule has 1 aliphatic heterocycles. The molecule has 1 aromatic carbocycles. The molecule has 1 atom stereocenters. The highest BCUT2D eigenvalue weighted by molar-refractivity contribution is 7.91. The number of nitrogens with zero attached hydrogens (tertiary/aromatic N) is 1. The average molecular weight is 332 g/mol. The lowest BCUT2D eigenvalue weighted by molar-refractivity contribution is -0.116. The molecule has 0 saturated carbocycles. The number of carboxylic acids is 1. The predicted molar refractivity (Wildman–Crippen MR) is 78.7 cm³/mol. The standard InChI is InChI=1S/C13H14ClNO5S/c14-7-12(16)15(11-5-6-21(19,20)8-11)10-3-1-9(2-4-10)13(17)18/h1-4,11H,5-8H2,(H,17,18)/t11-/m0/s1. The highest BCUT2D eigenvalue weighted by Gasteiger charge is 2.35. The lowest BCUT2D eigenvalue weighted by Crippen LogP contribution is -2.42. The largest absolute Gasteiger partial charge is 0.478 e. The third kappa shape index (κ3) is 3.54. The van der Waals surface area contributed by atoms with Crippen LogP contribution >= 0.6 is 11.6 Å². The van der Waals surface area contributed by atoms with Crippen LogP contribution in [-0.4, -0.2) is 48.8 Å². The van der Waals surface area contributed by atoms with E-state index in [2.05, 4.69) is 0 Å². The Morgan fingerprint density at radius 3 is 2.33 bits per heavy atom. The molecule has 0 aromatic heterocycles. The lowest BCUT2D eigenvalue weighted by atomic mass is 10.1. The van der Waals surface area contributed by atoms with Gasteiger partial charge in [-0.1, -0.05) is 0 Å². The van der Waals surface area contributed by atoms with Crippen LogP contribution in [0.3, 0.4) is 0 Å². The zero-order valence-electron chi connectivity index (χ0n) is 11.0. The van der Waals surface area contributed by atoms with E-state index < -0.39 is 27.8 Å². The third-order valence-corrected chi connectivity index (χ3v) is 5.33. The van der Waals surface area contributed by atoms with Gasteiger partial charge in [0.05, 0.1) is 23.1 Å². The molecular formula is C13H14ClNO5S. The molecule has 21 heavy (non-hydrogen) atoms. The number of hydrogen-bond donors (Lipinski definition) is 1. The van der Waals surface area contributed by atoms with Gasteiger partial charge >= 0.3 is 5.97 Å². The average Bonchev–Trinajstić information content (AvgIpc) is 2.79. The normalized spacial score (nSPS) is 20.1. The van der Waals surface area contributed by atoms with Gasteiger partial charge < -0.3 is 10.0 Å². The Morgan fingerprint density at radius 2 is 1.90 bits per heavy atom. The van der Waals surface area contributed by atoms with Crippen LogP contribution in [0.25, 0.3) is 0 Å². The van der Waals surface area contributed by atoms with E-state index in [0.717, 1.165) is 0 Å². The first-order valence-electron chi connectivity index (χ1n) is 6.26. The van der Waals surface area contributed by atoms with E-state index in [1.165, 1.54) is 29.2 Å². The summed E-state index contributed by atoms with van der Waals surface area (Å²) < 4.78 is 23.2. The quantitative estimate of drug-likeness (QED) is 0.835. The fourth-order valence-electron chi connectivity index (χ4n) is 2.37. The van der Waals surface area contributed by atoms with E-state index in [-0.39, 0.29) is 22.9 Å². The van der Waals surface area contributed by atoms with E-state index in [1.54, 1.807) is 0 Å². The molecule has 0 aliphatic carbocycles. The number of aromatic carboxylic acids is 1. The number of rotatable bonds is 4. The van der Waals surface area contributed by atoms with Crippen LogP contribution in [0.1, 0.15) is 16.8 Å². The smallest absolute Gasteiger partial charge is 0.335 e. The Labute approximate surface area is 127 Å². The second kappa shape index (κ2) is 6.03. The van der Waals surface area contributed by atoms with E-state index in [1.807, 2.05) is 0 Å². The lowest BCUT2D eigenvalue weighted by Gasteiger charge is -2.27. The Balaban J connectivity index is 2.32. The summed E-state index contributed by atoms with van der Waals surface area (Å²) in [6.45, 7) is 0. The minimum atomic E-state index is -3.14. The molecule has 0 spiro atoms. The molecule has 1 fully saturated rings. The van der Waals surface area contributed by atoms with Crippen molar-refractivity contribution in [3.8, 4) is 0 Å². The molecule has 6 nitrogen and oxygen atoms in total. The Bertz CT molecular complexity index is 656. The van der Waals surface area contributed by atoms with E-state index in [0.29, 0.717) is 12.1 Å². The Morgan fingerprint density at radius 1 is 1.29 bits per heavy atom. The van der Waals surface area contributed by atoms with Gasteiger partial charge in [0.1, 0.15) is 5.88 Å². The molecule has 0 bridgehead atoms. The number of hydrogen-bond acceptors (Lipinski definition) is 4. The first kappa shape index (κ1) is 15.8. The molecule has 0 unspecified atom stereocenters. The van der Waals surface area contributed by atoms with Gasteiger partial charge in [0.2, 0.25) is 5.91 Å². The van der Waals surface area contributed by atoms with Crippen molar-refractivity contribution in [2.24, 2.45) is 0 Å². The SMILES string of the molecule is O=C(O)c1ccc(N(C(=O)CCl)[C@H]2CCS(=O)(=O)C2)cc1. The summed E-state index contributed by atoms with van der Waals surface area (Å²) in [4.78, 5) is 24.2. The number of carboxylic acid groups (broad SMARTS) is 1. The molecule has 1 heterocycles. The van der Waals surface area contributed by atoms with Crippen LogP contribution in [0.2, 0.25) is 0 Å². The number of alkyl halides is 1. The van der Waals surface area contributed by atoms with Gasteiger partial charge in [-0.25, -0.2) is 13.2 Å². The number of anilines is 1. The van der Waals surface area contributed by atoms with Gasteiger partial charge in [-0.05, 0) is 30.7 Å². The number of benzene rings is 1. The van der Waals surface area contributed by atoms with Crippen molar-refractivity contribution < 1.29 is 23.1 Å². The summed E-state index contributed by atoms with van der Waals surface area (Å²) >= 11 is 5.59. The monoisotopic (exact) mass is 331 g/mol. The summed E-state index contributed by atoms with van der Waals surface area (Å²) in [6.07, 6.45) is 0.353. The maximum Gasteiger partial charge on any atom is 0.335 e. The van der Waals surface area contributed by atoms with Gasteiger partial charge in [0.25, 0.3) is 0 Å². The molecule has 2 rings (SSSR count). The second-order valence-corrected chi connectivity index (χ2v) is 7.30. The maximum atomic E-state index is 12.0. The summed E-state index contributed by atoms with van der Waals surface area (Å²) in [5.74, 6) is -1.80. The number of amides is 1. The topological polar surface area (TPSA) is 91.8 Å². The van der Waals surface area contributed by atoms with Crippen molar-refractivity contribution in [2.75, 3.05) is 22.3 Å². The molecule has 0 radical (unpaired) electrons. The molecule has 1 aliphatic rings. The fraction of sp³-hybridized carbons (Fsp3) is 0.385. The van der Waals surface area contributed by atoms with Gasteiger partial charge in [-0.2, -0.15) is 0 Å². The second-order valence-electron chi connectivity index (χ2n) is 4.81. The van der Waals surface area contributed by atoms with E-state index in [9.17, 15) is 18.0 Å². The molecule has 1 N–H and O–H groups in total. The number of carbonyl (C=O) groups excluding carboxylic acids is 1. The Hall–Kier alpha value is -1.60. The van der Waals surface area contributed by atoms with Crippen LogP contribution in [0.4, 0.5) is 5.69 Å². The molecule has 114 valence electrons. The fourth-order valence-corrected chi connectivity index (χ4v) is 4.20. The predicted octanol–water partition coefficient (Wildman–Crippen LogP) is 1.14. The van der Waals surface area contributed by atoms with Crippen LogP contribution in [-0.2, 0) is 14.6 Å². The zero-order valence-corrected chi connectivity index (χ0v) is 12.6. The van der Waals surface area contributed by atoms with Crippen molar-refractivity contribution >= 4 is 39.0 Å². The van der Waals surface area contributed by atoms with Crippen LogP contribution in [0, 0.1) is 0 Å². The minimum absolute atomic E-state index is 0.0386. The first-order valence-corrected chi connectivity index (χ1v) is 8.61. The highest BCUT2D eigenvalue weighted by Crippen LogP contribution is 2.25. The summed E-state index contributed by atoms with van der Waals surface area (Å²) in [5, 5.41) is 8.87. The van der Waals surface area contributed by atoms with Crippen LogP contribution in [0.15, 0.2) is 24.3 Å². The maximum absolute atomic E-state index is 12.0. The van der Waals surface area contributed by atoms with Crippen molar-refractivity contribution in [3.63, 3.8) is 0 Å². The van der Waals surface area contributed by atoms with Gasteiger partial charge in [0, 0.05) is 5.69 Å². The van der Waals surface area contributed by atoms with Gasteiger partial charge in [0.15, 0.2) is 9.84 Å². The Kier molecular flexibility index (Phi) is 4.53. The van der Waals surface area contributed by atoms with Crippen molar-refractivity contribution in [1.82, 2.24) is 0 Å². The first-order chi connectivity index (χ1) is 9.84. The van der Waals surface area contributed by atoms with Crippen molar-refractivity contribution in [2.45, 2.75) is 12.5 Å².